The van der Waals surface area contributed by atoms with Gasteiger partial charge in [-0.15, -0.1) is 0 Å². The van der Waals surface area contributed by atoms with Crippen molar-refractivity contribution in [3.8, 4) is 0 Å². The molecule has 4 heteroatoms. The molecule has 1 aliphatic heterocycles. The second-order valence-electron chi connectivity index (χ2n) is 6.61. The Labute approximate surface area is 126 Å². The lowest BCUT2D eigenvalue weighted by Gasteiger charge is -2.29. The van der Waals surface area contributed by atoms with Gasteiger partial charge in [-0.2, -0.15) is 0 Å². The molecular weight excluding hydrogens is 264 g/mol. The molecule has 1 aliphatic rings. The first-order valence-corrected chi connectivity index (χ1v) is 7.52. The minimum atomic E-state index is -0.417. The first-order chi connectivity index (χ1) is 9.81. The highest BCUT2D eigenvalue weighted by molar-refractivity contribution is 5.94. The van der Waals surface area contributed by atoms with Crippen LogP contribution in [0.5, 0.6) is 0 Å². The molecule has 21 heavy (non-hydrogen) atoms. The van der Waals surface area contributed by atoms with Crippen LogP contribution in [0.1, 0.15) is 45.2 Å². The van der Waals surface area contributed by atoms with Gasteiger partial charge in [0.05, 0.1) is 0 Å². The van der Waals surface area contributed by atoms with Crippen LogP contribution in [-0.4, -0.2) is 23.3 Å². The zero-order valence-electron chi connectivity index (χ0n) is 13.3. The molecule has 0 bridgehead atoms. The van der Waals surface area contributed by atoms with Crippen LogP contribution in [0.15, 0.2) is 18.2 Å². The fourth-order valence-electron chi connectivity index (χ4n) is 2.39. The number of rotatable bonds is 2. The van der Waals surface area contributed by atoms with Gasteiger partial charge in [0, 0.05) is 30.6 Å². The van der Waals surface area contributed by atoms with E-state index in [1.165, 1.54) is 5.56 Å². The van der Waals surface area contributed by atoms with E-state index in [1.807, 2.05) is 44.7 Å². The maximum absolute atomic E-state index is 12.0. The number of carbonyl (C=O) groups is 2. The van der Waals surface area contributed by atoms with Crippen molar-refractivity contribution >= 4 is 17.5 Å². The standard InChI is InChI=1S/C17H24N2O2/c1-5-15(20)19-9-8-12-6-7-14(10-13(12)11-19)18-16(21)17(2,3)4/h6-7,10H,5,8-9,11H2,1-4H3,(H,18,21). The van der Waals surface area contributed by atoms with Gasteiger partial charge in [0.25, 0.3) is 0 Å². The second kappa shape index (κ2) is 5.88. The zero-order chi connectivity index (χ0) is 15.6. The normalized spacial score (nSPS) is 14.6. The van der Waals surface area contributed by atoms with E-state index in [0.29, 0.717) is 13.0 Å². The molecule has 0 aromatic heterocycles. The first-order valence-electron chi connectivity index (χ1n) is 7.52. The SMILES string of the molecule is CCC(=O)N1CCc2ccc(NC(=O)C(C)(C)C)cc2C1. The monoisotopic (exact) mass is 288 g/mol. The molecule has 4 nitrogen and oxygen atoms in total. The van der Waals surface area contributed by atoms with Gasteiger partial charge in [-0.1, -0.05) is 33.8 Å². The summed E-state index contributed by atoms with van der Waals surface area (Å²) in [4.78, 5) is 25.8. The highest BCUT2D eigenvalue weighted by Gasteiger charge is 2.23. The molecule has 0 saturated carbocycles. The lowest BCUT2D eigenvalue weighted by atomic mass is 9.95. The molecule has 2 amide bonds. The Morgan fingerprint density at radius 3 is 2.57 bits per heavy atom. The molecule has 2 rings (SSSR count). The van der Waals surface area contributed by atoms with Gasteiger partial charge in [-0.25, -0.2) is 0 Å². The maximum Gasteiger partial charge on any atom is 0.229 e. The third-order valence-electron chi connectivity index (χ3n) is 3.81. The average Bonchev–Trinajstić information content (AvgIpc) is 2.44. The van der Waals surface area contributed by atoms with Crippen LogP contribution in [0.4, 0.5) is 5.69 Å². The minimum Gasteiger partial charge on any atom is -0.338 e. The van der Waals surface area contributed by atoms with E-state index in [0.717, 1.165) is 24.2 Å². The summed E-state index contributed by atoms with van der Waals surface area (Å²) in [6.07, 6.45) is 1.42. The predicted molar refractivity (Wildman–Crippen MR) is 83.9 cm³/mol. The van der Waals surface area contributed by atoms with Gasteiger partial charge in [0.1, 0.15) is 0 Å². The van der Waals surface area contributed by atoms with Crippen molar-refractivity contribution in [2.45, 2.75) is 47.1 Å². The van der Waals surface area contributed by atoms with E-state index in [2.05, 4.69) is 11.4 Å². The summed E-state index contributed by atoms with van der Waals surface area (Å²) < 4.78 is 0. The number of carbonyl (C=O) groups excluding carboxylic acids is 2. The Morgan fingerprint density at radius 2 is 1.95 bits per heavy atom. The number of nitrogens with zero attached hydrogens (tertiary/aromatic N) is 1. The average molecular weight is 288 g/mol. The van der Waals surface area contributed by atoms with Crippen LogP contribution in [0.2, 0.25) is 0 Å². The zero-order valence-corrected chi connectivity index (χ0v) is 13.3. The molecule has 0 saturated heterocycles. The van der Waals surface area contributed by atoms with Crippen LogP contribution in [0.25, 0.3) is 0 Å². The van der Waals surface area contributed by atoms with E-state index in [1.54, 1.807) is 0 Å². The molecule has 0 radical (unpaired) electrons. The quantitative estimate of drug-likeness (QED) is 0.909. The molecule has 0 aliphatic carbocycles. The van der Waals surface area contributed by atoms with Crippen LogP contribution in [0.3, 0.4) is 0 Å². The van der Waals surface area contributed by atoms with Crippen LogP contribution < -0.4 is 5.32 Å². The highest BCUT2D eigenvalue weighted by atomic mass is 16.2. The number of fused-ring (bicyclic) bond motifs is 1. The maximum atomic E-state index is 12.0. The van der Waals surface area contributed by atoms with Crippen molar-refractivity contribution in [3.63, 3.8) is 0 Å². The Bertz CT molecular complexity index is 558. The van der Waals surface area contributed by atoms with Gasteiger partial charge >= 0.3 is 0 Å². The van der Waals surface area contributed by atoms with E-state index in [4.69, 9.17) is 0 Å². The van der Waals surface area contributed by atoms with Crippen molar-refractivity contribution in [2.24, 2.45) is 5.41 Å². The van der Waals surface area contributed by atoms with Crippen molar-refractivity contribution in [1.29, 1.82) is 0 Å². The third-order valence-corrected chi connectivity index (χ3v) is 3.81. The Kier molecular flexibility index (Phi) is 4.35. The third kappa shape index (κ3) is 3.63. The fourth-order valence-corrected chi connectivity index (χ4v) is 2.39. The summed E-state index contributed by atoms with van der Waals surface area (Å²) in [6.45, 7) is 8.99. The number of hydrogen-bond donors (Lipinski definition) is 1. The van der Waals surface area contributed by atoms with E-state index in [-0.39, 0.29) is 11.8 Å². The van der Waals surface area contributed by atoms with Crippen molar-refractivity contribution in [2.75, 3.05) is 11.9 Å². The summed E-state index contributed by atoms with van der Waals surface area (Å²) in [5, 5.41) is 2.95. The largest absolute Gasteiger partial charge is 0.338 e. The molecule has 1 aromatic rings. The second-order valence-corrected chi connectivity index (χ2v) is 6.61. The first kappa shape index (κ1) is 15.5. The highest BCUT2D eigenvalue weighted by Crippen LogP contribution is 2.24. The van der Waals surface area contributed by atoms with Gasteiger partial charge in [0.15, 0.2) is 0 Å². The number of anilines is 1. The number of nitrogens with one attached hydrogen (secondary N) is 1. The van der Waals surface area contributed by atoms with Crippen molar-refractivity contribution in [1.82, 2.24) is 4.90 Å². The van der Waals surface area contributed by atoms with Gasteiger partial charge in [-0.05, 0) is 29.7 Å². The van der Waals surface area contributed by atoms with E-state index >= 15 is 0 Å². The number of benzene rings is 1. The molecular formula is C17H24N2O2. The van der Waals surface area contributed by atoms with Crippen molar-refractivity contribution < 1.29 is 9.59 Å². The molecule has 0 fully saturated rings. The number of hydrogen-bond acceptors (Lipinski definition) is 2. The summed E-state index contributed by atoms with van der Waals surface area (Å²) >= 11 is 0. The minimum absolute atomic E-state index is 0.000231. The summed E-state index contributed by atoms with van der Waals surface area (Å²) in [7, 11) is 0. The fraction of sp³-hybridized carbons (Fsp3) is 0.529. The molecule has 0 unspecified atom stereocenters. The molecule has 114 valence electrons. The smallest absolute Gasteiger partial charge is 0.229 e. The van der Waals surface area contributed by atoms with Gasteiger partial charge in [-0.3, -0.25) is 9.59 Å². The molecule has 1 heterocycles. The van der Waals surface area contributed by atoms with Crippen LogP contribution in [-0.2, 0) is 22.6 Å². The van der Waals surface area contributed by atoms with E-state index < -0.39 is 5.41 Å². The number of amides is 2. The topological polar surface area (TPSA) is 49.4 Å². The molecule has 0 spiro atoms. The lowest BCUT2D eigenvalue weighted by molar-refractivity contribution is -0.131. The summed E-state index contributed by atoms with van der Waals surface area (Å²) in [6, 6.07) is 6.00. The summed E-state index contributed by atoms with van der Waals surface area (Å²) in [5.41, 5.74) is 2.79. The lowest BCUT2D eigenvalue weighted by Crippen LogP contribution is -2.35. The van der Waals surface area contributed by atoms with Crippen molar-refractivity contribution in [3.05, 3.63) is 29.3 Å². The Morgan fingerprint density at radius 1 is 1.24 bits per heavy atom. The van der Waals surface area contributed by atoms with Crippen LogP contribution in [0, 0.1) is 5.41 Å². The Balaban J connectivity index is 2.16. The van der Waals surface area contributed by atoms with Gasteiger partial charge in [0.2, 0.25) is 11.8 Å². The van der Waals surface area contributed by atoms with Gasteiger partial charge < -0.3 is 10.2 Å². The molecule has 1 aromatic carbocycles. The van der Waals surface area contributed by atoms with Crippen LogP contribution >= 0.6 is 0 Å². The Hall–Kier alpha value is -1.84. The summed E-state index contributed by atoms with van der Waals surface area (Å²) in [5.74, 6) is 0.185. The van der Waals surface area contributed by atoms with E-state index in [9.17, 15) is 9.59 Å². The molecule has 0 atom stereocenters. The predicted octanol–water partition coefficient (Wildman–Crippen LogP) is 2.97. The molecule has 1 N–H and O–H groups in total.